The number of hydrogen-bond donors (Lipinski definition) is 2. The minimum Gasteiger partial charge on any atom is -0.508 e. The number of benzene rings is 1. The first kappa shape index (κ1) is 14.2. The van der Waals surface area contributed by atoms with Gasteiger partial charge in [0.05, 0.1) is 0 Å². The van der Waals surface area contributed by atoms with Crippen molar-refractivity contribution in [2.45, 2.75) is 39.2 Å². The van der Waals surface area contributed by atoms with Gasteiger partial charge in [-0.15, -0.1) is 0 Å². The van der Waals surface area contributed by atoms with Gasteiger partial charge >= 0.3 is 0 Å². The van der Waals surface area contributed by atoms with E-state index >= 15 is 0 Å². The third kappa shape index (κ3) is 3.21. The third-order valence-electron chi connectivity index (χ3n) is 4.55. The Kier molecular flexibility index (Phi) is 4.70. The van der Waals surface area contributed by atoms with Crippen LogP contribution in [-0.4, -0.2) is 29.4 Å². The zero-order valence-corrected chi connectivity index (χ0v) is 11.9. The zero-order valence-electron chi connectivity index (χ0n) is 11.9. The topological polar surface area (TPSA) is 43.7 Å². The highest BCUT2D eigenvalue weighted by Gasteiger charge is 2.32. The van der Waals surface area contributed by atoms with Crippen molar-refractivity contribution in [3.05, 3.63) is 24.3 Å². The summed E-state index contributed by atoms with van der Waals surface area (Å²) in [7, 11) is 0. The normalized spacial score (nSPS) is 27.5. The second kappa shape index (κ2) is 6.29. The monoisotopic (exact) mass is 263 g/mol. The maximum absolute atomic E-state index is 9.66. The maximum atomic E-state index is 9.66. The molecular weight excluding hydrogens is 238 g/mol. The van der Waals surface area contributed by atoms with E-state index in [4.69, 9.17) is 5.11 Å². The van der Waals surface area contributed by atoms with Crippen LogP contribution < -0.4 is 4.90 Å². The SMILES string of the molecule is CC1CCN(c2cccc(O)c2)C(CCCO)C1C. The van der Waals surface area contributed by atoms with Crippen molar-refractivity contribution in [3.8, 4) is 5.75 Å². The predicted octanol–water partition coefficient (Wildman–Crippen LogP) is 3.02. The summed E-state index contributed by atoms with van der Waals surface area (Å²) < 4.78 is 0. The van der Waals surface area contributed by atoms with Crippen LogP contribution in [0.1, 0.15) is 33.1 Å². The first-order valence-electron chi connectivity index (χ1n) is 7.30. The van der Waals surface area contributed by atoms with E-state index in [2.05, 4.69) is 24.8 Å². The quantitative estimate of drug-likeness (QED) is 0.877. The summed E-state index contributed by atoms with van der Waals surface area (Å²) in [6, 6.07) is 7.97. The summed E-state index contributed by atoms with van der Waals surface area (Å²) in [5.74, 6) is 1.66. The summed E-state index contributed by atoms with van der Waals surface area (Å²) in [4.78, 5) is 2.40. The first-order chi connectivity index (χ1) is 9.13. The minimum absolute atomic E-state index is 0.255. The average Bonchev–Trinajstić information content (AvgIpc) is 2.40. The molecule has 1 fully saturated rings. The number of nitrogens with zero attached hydrogens (tertiary/aromatic N) is 1. The fourth-order valence-corrected chi connectivity index (χ4v) is 3.15. The van der Waals surface area contributed by atoms with E-state index in [-0.39, 0.29) is 6.61 Å². The molecule has 1 aliphatic rings. The van der Waals surface area contributed by atoms with Gasteiger partial charge in [0.1, 0.15) is 5.75 Å². The van der Waals surface area contributed by atoms with E-state index in [1.807, 2.05) is 12.1 Å². The molecule has 1 saturated heterocycles. The molecule has 0 bridgehead atoms. The Labute approximate surface area is 115 Å². The molecule has 1 heterocycles. The molecule has 0 aromatic heterocycles. The van der Waals surface area contributed by atoms with Gasteiger partial charge in [0, 0.05) is 30.9 Å². The molecule has 2 rings (SSSR count). The highest BCUT2D eigenvalue weighted by atomic mass is 16.3. The van der Waals surface area contributed by atoms with Gasteiger partial charge in [-0.2, -0.15) is 0 Å². The molecule has 2 N–H and O–H groups in total. The largest absolute Gasteiger partial charge is 0.508 e. The molecule has 0 amide bonds. The highest BCUT2D eigenvalue weighted by Crippen LogP contribution is 2.35. The zero-order chi connectivity index (χ0) is 13.8. The molecule has 1 aromatic carbocycles. The Morgan fingerprint density at radius 2 is 2.11 bits per heavy atom. The van der Waals surface area contributed by atoms with Crippen LogP contribution in [0.3, 0.4) is 0 Å². The fraction of sp³-hybridized carbons (Fsp3) is 0.625. The number of aliphatic hydroxyl groups is 1. The van der Waals surface area contributed by atoms with E-state index < -0.39 is 0 Å². The molecule has 0 saturated carbocycles. The summed E-state index contributed by atoms with van der Waals surface area (Å²) in [5, 5.41) is 18.7. The fourth-order valence-electron chi connectivity index (χ4n) is 3.15. The number of phenols is 1. The lowest BCUT2D eigenvalue weighted by Gasteiger charge is -2.45. The molecule has 19 heavy (non-hydrogen) atoms. The van der Waals surface area contributed by atoms with Crippen LogP contribution in [0.4, 0.5) is 5.69 Å². The van der Waals surface area contributed by atoms with E-state index in [0.717, 1.165) is 31.0 Å². The molecule has 0 radical (unpaired) electrons. The molecule has 3 nitrogen and oxygen atoms in total. The summed E-state index contributed by atoms with van der Waals surface area (Å²) in [6.45, 7) is 5.91. The second-order valence-corrected chi connectivity index (χ2v) is 5.77. The van der Waals surface area contributed by atoms with Crippen LogP contribution in [-0.2, 0) is 0 Å². The van der Waals surface area contributed by atoms with Gasteiger partial charge in [-0.3, -0.25) is 0 Å². The second-order valence-electron chi connectivity index (χ2n) is 5.77. The van der Waals surface area contributed by atoms with Gasteiger partial charge in [0.15, 0.2) is 0 Å². The number of phenolic OH excluding ortho intramolecular Hbond substituents is 1. The van der Waals surface area contributed by atoms with E-state index in [1.54, 1.807) is 6.07 Å². The predicted molar refractivity (Wildman–Crippen MR) is 78.5 cm³/mol. The smallest absolute Gasteiger partial charge is 0.117 e. The Bertz CT molecular complexity index is 407. The minimum atomic E-state index is 0.255. The molecule has 0 spiro atoms. The standard InChI is InChI=1S/C16H25NO2/c1-12-8-9-17(14-5-3-6-15(19)11-14)16(13(12)2)7-4-10-18/h3,5-6,11-13,16,18-19H,4,7-10H2,1-2H3. The van der Waals surface area contributed by atoms with Crippen molar-refractivity contribution in [3.63, 3.8) is 0 Å². The van der Waals surface area contributed by atoms with E-state index in [0.29, 0.717) is 17.7 Å². The van der Waals surface area contributed by atoms with Gasteiger partial charge in [0.2, 0.25) is 0 Å². The number of aromatic hydroxyl groups is 1. The molecule has 3 atom stereocenters. The Morgan fingerprint density at radius 3 is 2.79 bits per heavy atom. The number of rotatable bonds is 4. The molecule has 0 aliphatic carbocycles. The highest BCUT2D eigenvalue weighted by molar-refractivity contribution is 5.51. The lowest BCUT2D eigenvalue weighted by molar-refractivity contribution is 0.220. The molecular formula is C16H25NO2. The lowest BCUT2D eigenvalue weighted by atomic mass is 9.80. The summed E-state index contributed by atoms with van der Waals surface area (Å²) >= 11 is 0. The van der Waals surface area contributed by atoms with Crippen LogP contribution in [0.15, 0.2) is 24.3 Å². The molecule has 106 valence electrons. The average molecular weight is 263 g/mol. The van der Waals surface area contributed by atoms with Gasteiger partial charge < -0.3 is 15.1 Å². The summed E-state index contributed by atoms with van der Waals surface area (Å²) in [6.07, 6.45) is 3.04. The molecule has 1 aliphatic heterocycles. The number of hydrogen-bond acceptors (Lipinski definition) is 3. The van der Waals surface area contributed by atoms with Crippen molar-refractivity contribution >= 4 is 5.69 Å². The molecule has 3 heteroatoms. The molecule has 3 unspecified atom stereocenters. The number of piperidine rings is 1. The number of anilines is 1. The third-order valence-corrected chi connectivity index (χ3v) is 4.55. The number of aliphatic hydroxyl groups excluding tert-OH is 1. The van der Waals surface area contributed by atoms with Gasteiger partial charge in [-0.1, -0.05) is 19.9 Å². The van der Waals surface area contributed by atoms with Crippen LogP contribution >= 0.6 is 0 Å². The first-order valence-corrected chi connectivity index (χ1v) is 7.30. The van der Waals surface area contributed by atoms with Crippen LogP contribution in [0.25, 0.3) is 0 Å². The Morgan fingerprint density at radius 1 is 1.32 bits per heavy atom. The molecule has 1 aromatic rings. The van der Waals surface area contributed by atoms with Gasteiger partial charge in [0.25, 0.3) is 0 Å². The lowest BCUT2D eigenvalue weighted by Crippen LogP contribution is -2.47. The van der Waals surface area contributed by atoms with Crippen molar-refractivity contribution in [1.82, 2.24) is 0 Å². The van der Waals surface area contributed by atoms with E-state index in [1.165, 1.54) is 6.42 Å². The van der Waals surface area contributed by atoms with Crippen LogP contribution in [0.5, 0.6) is 5.75 Å². The van der Waals surface area contributed by atoms with Gasteiger partial charge in [-0.25, -0.2) is 0 Å². The van der Waals surface area contributed by atoms with Crippen LogP contribution in [0, 0.1) is 11.8 Å². The van der Waals surface area contributed by atoms with Crippen LogP contribution in [0.2, 0.25) is 0 Å². The van der Waals surface area contributed by atoms with Crippen molar-refractivity contribution in [1.29, 1.82) is 0 Å². The Balaban J connectivity index is 2.20. The van der Waals surface area contributed by atoms with Crippen molar-refractivity contribution < 1.29 is 10.2 Å². The maximum Gasteiger partial charge on any atom is 0.117 e. The summed E-state index contributed by atoms with van der Waals surface area (Å²) in [5.41, 5.74) is 1.10. The van der Waals surface area contributed by atoms with Crippen molar-refractivity contribution in [2.24, 2.45) is 11.8 Å². The van der Waals surface area contributed by atoms with E-state index in [9.17, 15) is 5.11 Å². The Hall–Kier alpha value is -1.22. The van der Waals surface area contributed by atoms with Gasteiger partial charge in [-0.05, 0) is 43.2 Å². The van der Waals surface area contributed by atoms with Crippen molar-refractivity contribution in [2.75, 3.05) is 18.1 Å².